The number of nitrogens with zero attached hydrogens (tertiary/aromatic N) is 2. The zero-order chi connectivity index (χ0) is 17.5. The molecule has 0 saturated heterocycles. The Bertz CT molecular complexity index is 691. The number of aryl methyl sites for hydroxylation is 1. The van der Waals surface area contributed by atoms with Crippen LogP contribution in [0.4, 0.5) is 11.6 Å². The van der Waals surface area contributed by atoms with Crippen LogP contribution in [0.5, 0.6) is 0 Å². The molecule has 25 heavy (non-hydrogen) atoms. The Morgan fingerprint density at radius 1 is 1.08 bits per heavy atom. The molecule has 0 atom stereocenters. The number of hydrogen-bond donors (Lipinski definition) is 2. The van der Waals surface area contributed by atoms with Crippen molar-refractivity contribution in [1.82, 2.24) is 9.97 Å². The second kappa shape index (κ2) is 8.60. The van der Waals surface area contributed by atoms with E-state index >= 15 is 0 Å². The molecule has 1 amide bonds. The standard InChI is InChI=1S/C20H26N4O/c1-2-15-9-11-17(12-10-15)22-19(25)18-13-14-21-20(24-18)23-16-7-5-3-4-6-8-16/h9-14,16H,2-8H2,1H3,(H,22,25)(H,21,23,24). The van der Waals surface area contributed by atoms with E-state index in [1.807, 2.05) is 24.3 Å². The third-order valence-corrected chi connectivity index (χ3v) is 4.70. The highest BCUT2D eigenvalue weighted by molar-refractivity contribution is 6.02. The number of carbonyl (C=O) groups is 1. The van der Waals surface area contributed by atoms with Crippen LogP contribution in [0.25, 0.3) is 0 Å². The van der Waals surface area contributed by atoms with Crippen LogP contribution in [0.3, 0.4) is 0 Å². The smallest absolute Gasteiger partial charge is 0.274 e. The molecular formula is C20H26N4O. The molecule has 1 aliphatic rings. The highest BCUT2D eigenvalue weighted by Crippen LogP contribution is 2.20. The van der Waals surface area contributed by atoms with Crippen molar-refractivity contribution < 1.29 is 4.79 Å². The number of aromatic nitrogens is 2. The van der Waals surface area contributed by atoms with E-state index < -0.39 is 0 Å². The third kappa shape index (κ3) is 5.02. The third-order valence-electron chi connectivity index (χ3n) is 4.70. The fourth-order valence-corrected chi connectivity index (χ4v) is 3.18. The first-order chi connectivity index (χ1) is 12.2. The fourth-order valence-electron chi connectivity index (χ4n) is 3.18. The highest BCUT2D eigenvalue weighted by atomic mass is 16.1. The summed E-state index contributed by atoms with van der Waals surface area (Å²) in [4.78, 5) is 21.1. The lowest BCUT2D eigenvalue weighted by molar-refractivity contribution is 0.102. The fraction of sp³-hybridized carbons (Fsp3) is 0.450. The molecule has 2 aromatic rings. The summed E-state index contributed by atoms with van der Waals surface area (Å²) in [5.41, 5.74) is 2.40. The molecule has 1 fully saturated rings. The van der Waals surface area contributed by atoms with Gasteiger partial charge in [-0.05, 0) is 43.0 Å². The van der Waals surface area contributed by atoms with Gasteiger partial charge in [0.1, 0.15) is 5.69 Å². The van der Waals surface area contributed by atoms with Crippen molar-refractivity contribution in [3.63, 3.8) is 0 Å². The summed E-state index contributed by atoms with van der Waals surface area (Å²) < 4.78 is 0. The van der Waals surface area contributed by atoms with E-state index in [2.05, 4.69) is 27.5 Å². The normalized spacial score (nSPS) is 15.4. The molecule has 2 N–H and O–H groups in total. The summed E-state index contributed by atoms with van der Waals surface area (Å²) in [5, 5.41) is 6.29. The van der Waals surface area contributed by atoms with Crippen molar-refractivity contribution >= 4 is 17.5 Å². The van der Waals surface area contributed by atoms with Gasteiger partial charge in [0.15, 0.2) is 0 Å². The molecule has 0 radical (unpaired) electrons. The van der Waals surface area contributed by atoms with Crippen LogP contribution < -0.4 is 10.6 Å². The van der Waals surface area contributed by atoms with E-state index in [0.29, 0.717) is 17.7 Å². The van der Waals surface area contributed by atoms with Crippen molar-refractivity contribution in [1.29, 1.82) is 0 Å². The van der Waals surface area contributed by atoms with E-state index in [-0.39, 0.29) is 5.91 Å². The van der Waals surface area contributed by atoms with Crippen molar-refractivity contribution in [3.8, 4) is 0 Å². The lowest BCUT2D eigenvalue weighted by Gasteiger charge is -2.16. The maximum Gasteiger partial charge on any atom is 0.274 e. The summed E-state index contributed by atoms with van der Waals surface area (Å²) in [6.45, 7) is 2.11. The zero-order valence-corrected chi connectivity index (χ0v) is 14.8. The van der Waals surface area contributed by atoms with Gasteiger partial charge < -0.3 is 10.6 Å². The first-order valence-corrected chi connectivity index (χ1v) is 9.24. The molecule has 1 aromatic heterocycles. The van der Waals surface area contributed by atoms with Crippen molar-refractivity contribution in [2.24, 2.45) is 0 Å². The SMILES string of the molecule is CCc1ccc(NC(=O)c2ccnc(NC3CCCCCC3)n2)cc1. The van der Waals surface area contributed by atoms with Crippen LogP contribution in [0, 0.1) is 0 Å². The first kappa shape index (κ1) is 17.4. The Balaban J connectivity index is 1.64. The van der Waals surface area contributed by atoms with Crippen LogP contribution in [-0.4, -0.2) is 21.9 Å². The number of amides is 1. The van der Waals surface area contributed by atoms with E-state index in [0.717, 1.165) is 24.9 Å². The molecule has 132 valence electrons. The quantitative estimate of drug-likeness (QED) is 0.792. The number of rotatable bonds is 5. The molecule has 3 rings (SSSR count). The van der Waals surface area contributed by atoms with Gasteiger partial charge in [-0.2, -0.15) is 0 Å². The van der Waals surface area contributed by atoms with Gasteiger partial charge in [-0.1, -0.05) is 44.7 Å². The monoisotopic (exact) mass is 338 g/mol. The largest absolute Gasteiger partial charge is 0.351 e. The molecular weight excluding hydrogens is 312 g/mol. The van der Waals surface area contributed by atoms with Crippen molar-refractivity contribution in [2.45, 2.75) is 57.9 Å². The average Bonchev–Trinajstić information content (AvgIpc) is 2.91. The maximum atomic E-state index is 12.4. The molecule has 5 nitrogen and oxygen atoms in total. The van der Waals surface area contributed by atoms with Crippen LogP contribution in [-0.2, 0) is 6.42 Å². The summed E-state index contributed by atoms with van der Waals surface area (Å²) in [5.74, 6) is 0.330. The molecule has 1 saturated carbocycles. The van der Waals surface area contributed by atoms with Crippen LogP contribution in [0.15, 0.2) is 36.5 Å². The minimum absolute atomic E-state index is 0.212. The van der Waals surface area contributed by atoms with Gasteiger partial charge in [0.05, 0.1) is 0 Å². The topological polar surface area (TPSA) is 66.9 Å². The number of nitrogens with one attached hydrogen (secondary N) is 2. The number of hydrogen-bond acceptors (Lipinski definition) is 4. The Kier molecular flexibility index (Phi) is 5.99. The second-order valence-electron chi connectivity index (χ2n) is 6.60. The summed E-state index contributed by atoms with van der Waals surface area (Å²) in [6.07, 6.45) is 10.00. The van der Waals surface area contributed by atoms with Crippen LogP contribution in [0.1, 0.15) is 61.5 Å². The van der Waals surface area contributed by atoms with Crippen LogP contribution >= 0.6 is 0 Å². The molecule has 0 spiro atoms. The average molecular weight is 338 g/mol. The Morgan fingerprint density at radius 3 is 2.48 bits per heavy atom. The van der Waals surface area contributed by atoms with Gasteiger partial charge in [-0.3, -0.25) is 4.79 Å². The predicted molar refractivity (Wildman–Crippen MR) is 101 cm³/mol. The van der Waals surface area contributed by atoms with Gasteiger partial charge in [0, 0.05) is 17.9 Å². The van der Waals surface area contributed by atoms with Crippen molar-refractivity contribution in [3.05, 3.63) is 47.8 Å². The Hall–Kier alpha value is -2.43. The predicted octanol–water partition coefficient (Wildman–Crippen LogP) is 4.43. The second-order valence-corrected chi connectivity index (χ2v) is 6.60. The number of carbonyl (C=O) groups excluding carboxylic acids is 1. The highest BCUT2D eigenvalue weighted by Gasteiger charge is 2.14. The van der Waals surface area contributed by atoms with Crippen molar-refractivity contribution in [2.75, 3.05) is 10.6 Å². The first-order valence-electron chi connectivity index (χ1n) is 9.24. The molecule has 1 aliphatic carbocycles. The molecule has 0 unspecified atom stereocenters. The molecule has 5 heteroatoms. The van der Waals surface area contributed by atoms with E-state index in [4.69, 9.17) is 0 Å². The zero-order valence-electron chi connectivity index (χ0n) is 14.8. The Labute approximate surface area is 149 Å². The Morgan fingerprint density at radius 2 is 1.80 bits per heavy atom. The van der Waals surface area contributed by atoms with E-state index in [1.165, 1.54) is 31.2 Å². The summed E-state index contributed by atoms with van der Waals surface area (Å²) in [7, 11) is 0. The van der Waals surface area contributed by atoms with Gasteiger partial charge in [-0.15, -0.1) is 0 Å². The van der Waals surface area contributed by atoms with E-state index in [9.17, 15) is 4.79 Å². The molecule has 0 aliphatic heterocycles. The number of anilines is 2. The van der Waals surface area contributed by atoms with Gasteiger partial charge in [-0.25, -0.2) is 9.97 Å². The minimum Gasteiger partial charge on any atom is -0.351 e. The molecule has 1 aromatic carbocycles. The molecule has 1 heterocycles. The minimum atomic E-state index is -0.212. The van der Waals surface area contributed by atoms with E-state index in [1.54, 1.807) is 12.3 Å². The summed E-state index contributed by atoms with van der Waals surface area (Å²) >= 11 is 0. The maximum absolute atomic E-state index is 12.4. The lowest BCUT2D eigenvalue weighted by atomic mass is 10.1. The van der Waals surface area contributed by atoms with Crippen LogP contribution in [0.2, 0.25) is 0 Å². The number of benzene rings is 1. The summed E-state index contributed by atoms with van der Waals surface area (Å²) in [6, 6.07) is 9.94. The lowest BCUT2D eigenvalue weighted by Crippen LogP contribution is -2.21. The van der Waals surface area contributed by atoms with Gasteiger partial charge >= 0.3 is 0 Å². The van der Waals surface area contributed by atoms with Gasteiger partial charge in [0.25, 0.3) is 5.91 Å². The van der Waals surface area contributed by atoms with Gasteiger partial charge in [0.2, 0.25) is 5.95 Å². The molecule has 0 bridgehead atoms.